The number of nitriles is 1. The van der Waals surface area contributed by atoms with Crippen LogP contribution in [0.1, 0.15) is 10.4 Å². The molecule has 1 aromatic rings. The first-order chi connectivity index (χ1) is 7.19. The zero-order valence-electron chi connectivity index (χ0n) is 8.02. The molecule has 0 aliphatic rings. The first-order valence-electron chi connectivity index (χ1n) is 4.09. The second kappa shape index (κ2) is 4.95. The third kappa shape index (κ3) is 2.67. The van der Waals surface area contributed by atoms with Crippen molar-refractivity contribution in [3.05, 3.63) is 29.8 Å². The van der Waals surface area contributed by atoms with Crippen LogP contribution in [-0.4, -0.2) is 18.3 Å². The van der Waals surface area contributed by atoms with Crippen molar-refractivity contribution in [2.45, 2.75) is 0 Å². The minimum absolute atomic E-state index is 0.256. The van der Waals surface area contributed by atoms with E-state index in [0.717, 1.165) is 0 Å². The molecule has 0 amide bonds. The topological polar surface area (TPSA) is 86.8 Å². The number of hydrogen-bond acceptors (Lipinski definition) is 5. The molecule has 3 N–H and O–H groups in total. The van der Waals surface area contributed by atoms with Crippen molar-refractivity contribution >= 4 is 11.7 Å². The maximum absolute atomic E-state index is 11.1. The van der Waals surface area contributed by atoms with Crippen molar-refractivity contribution in [3.63, 3.8) is 0 Å². The van der Waals surface area contributed by atoms with Crippen LogP contribution in [0.25, 0.3) is 0 Å². The van der Waals surface area contributed by atoms with Crippen molar-refractivity contribution < 1.29 is 19.9 Å². The van der Waals surface area contributed by atoms with E-state index in [4.69, 9.17) is 5.26 Å². The van der Waals surface area contributed by atoms with Crippen LogP contribution in [0.5, 0.6) is 0 Å². The van der Waals surface area contributed by atoms with Crippen molar-refractivity contribution in [2.75, 3.05) is 7.11 Å². The lowest BCUT2D eigenvalue weighted by atomic mass is 10.2. The van der Waals surface area contributed by atoms with E-state index < -0.39 is 5.97 Å². The van der Waals surface area contributed by atoms with Crippen molar-refractivity contribution in [3.8, 4) is 6.19 Å². The number of esters is 1. The predicted octanol–water partition coefficient (Wildman–Crippen LogP) is -0.636. The van der Waals surface area contributed by atoms with E-state index in [2.05, 4.69) is 10.2 Å². The first-order valence-corrected chi connectivity index (χ1v) is 4.09. The van der Waals surface area contributed by atoms with Crippen LogP contribution >= 0.6 is 0 Å². The highest BCUT2D eigenvalue weighted by molar-refractivity contribution is 5.89. The Hall–Kier alpha value is -2.10. The third-order valence-electron chi connectivity index (χ3n) is 1.75. The second-order valence-electron chi connectivity index (χ2n) is 2.65. The summed E-state index contributed by atoms with van der Waals surface area (Å²) in [5, 5.41) is 17.3. The average molecular weight is 208 g/mol. The fraction of sp³-hybridized carbons (Fsp3) is 0.111. The lowest BCUT2D eigenvalue weighted by Crippen LogP contribution is -3.11. The van der Waals surface area contributed by atoms with Gasteiger partial charge >= 0.3 is 5.97 Å². The van der Waals surface area contributed by atoms with Gasteiger partial charge in [0.05, 0.1) is 12.7 Å². The number of methoxy groups -OCH3 is 1. The lowest BCUT2D eigenvalue weighted by molar-refractivity contribution is -1.07. The summed E-state index contributed by atoms with van der Waals surface area (Å²) in [6.45, 7) is 0. The molecule has 0 heterocycles. The molecule has 1 unspecified atom stereocenters. The second-order valence-corrected chi connectivity index (χ2v) is 2.65. The summed E-state index contributed by atoms with van der Waals surface area (Å²) in [6, 6.07) is 6.00. The molecule has 1 aromatic carbocycles. The Morgan fingerprint density at radius 3 is 2.60 bits per heavy atom. The van der Waals surface area contributed by atoms with Gasteiger partial charge < -0.3 is 4.74 Å². The minimum atomic E-state index is -0.450. The number of quaternary nitrogens is 1. The van der Waals surface area contributed by atoms with Gasteiger partial charge in [-0.25, -0.2) is 4.79 Å². The van der Waals surface area contributed by atoms with Gasteiger partial charge in [-0.3, -0.25) is 0 Å². The lowest BCUT2D eigenvalue weighted by Gasteiger charge is -2.06. The van der Waals surface area contributed by atoms with Crippen molar-refractivity contribution in [1.82, 2.24) is 5.43 Å². The number of carbonyl (C=O) groups excluding carboxylic acids is 1. The zero-order chi connectivity index (χ0) is 11.3. The van der Waals surface area contributed by atoms with Crippen LogP contribution in [0.15, 0.2) is 24.3 Å². The van der Waals surface area contributed by atoms with E-state index >= 15 is 0 Å². The van der Waals surface area contributed by atoms with Gasteiger partial charge in [-0.15, -0.1) is 5.43 Å². The normalized spacial score (nSPS) is 11.3. The van der Waals surface area contributed by atoms with Crippen LogP contribution in [0.4, 0.5) is 5.69 Å². The maximum atomic E-state index is 11.1. The van der Waals surface area contributed by atoms with Gasteiger partial charge in [0.15, 0.2) is 5.69 Å². The van der Waals surface area contributed by atoms with Gasteiger partial charge in [0.2, 0.25) is 6.19 Å². The number of carbonyl (C=O) groups is 1. The Labute approximate surface area is 86.2 Å². The zero-order valence-corrected chi connectivity index (χ0v) is 8.02. The van der Waals surface area contributed by atoms with Gasteiger partial charge in [-0.1, -0.05) is 5.17 Å². The Kier molecular flexibility index (Phi) is 3.62. The molecule has 1 atom stereocenters. The molecule has 0 saturated carbocycles. The molecule has 0 fully saturated rings. The highest BCUT2D eigenvalue weighted by Crippen LogP contribution is 2.05. The molecule has 0 radical (unpaired) electrons. The van der Waals surface area contributed by atoms with Crippen LogP contribution in [0, 0.1) is 11.5 Å². The average Bonchev–Trinajstić information content (AvgIpc) is 2.28. The predicted molar refractivity (Wildman–Crippen MR) is 48.9 cm³/mol. The molecule has 15 heavy (non-hydrogen) atoms. The molecule has 0 aliphatic carbocycles. The minimum Gasteiger partial charge on any atom is -0.465 e. The Morgan fingerprint density at radius 2 is 2.13 bits per heavy atom. The Balaban J connectivity index is 2.81. The van der Waals surface area contributed by atoms with Crippen LogP contribution < -0.4 is 10.6 Å². The summed E-state index contributed by atoms with van der Waals surface area (Å²) in [6.07, 6.45) is 1.59. The summed E-state index contributed by atoms with van der Waals surface area (Å²) in [5.74, 6) is -0.450. The van der Waals surface area contributed by atoms with E-state index in [0.29, 0.717) is 11.3 Å². The fourth-order valence-electron chi connectivity index (χ4n) is 1.01. The van der Waals surface area contributed by atoms with Crippen molar-refractivity contribution in [1.29, 1.82) is 5.26 Å². The molecule has 0 spiro atoms. The Morgan fingerprint density at radius 1 is 1.53 bits per heavy atom. The van der Waals surface area contributed by atoms with Gasteiger partial charge in [0, 0.05) is 12.1 Å². The summed E-state index contributed by atoms with van der Waals surface area (Å²) in [5.41, 5.74) is 2.89. The summed E-state index contributed by atoms with van der Waals surface area (Å²) >= 11 is 0. The maximum Gasteiger partial charge on any atom is 0.337 e. The fourth-order valence-corrected chi connectivity index (χ4v) is 1.01. The molecule has 6 nitrogen and oxygen atoms in total. The molecule has 78 valence electrons. The number of ether oxygens (including phenoxy) is 1. The number of nitrogens with zero attached hydrogens (tertiary/aromatic N) is 1. The van der Waals surface area contributed by atoms with Crippen LogP contribution in [-0.2, 0) is 4.74 Å². The van der Waals surface area contributed by atoms with Gasteiger partial charge in [-0.2, -0.15) is 10.5 Å². The quantitative estimate of drug-likeness (QED) is 0.266. The molecule has 0 saturated heterocycles. The van der Waals surface area contributed by atoms with Gasteiger partial charge in [0.25, 0.3) is 0 Å². The molecule has 0 aromatic heterocycles. The largest absolute Gasteiger partial charge is 0.465 e. The molecular formula is C9H10N3O3+. The number of hydrogen-bond donors (Lipinski definition) is 3. The van der Waals surface area contributed by atoms with E-state index in [1.54, 1.807) is 6.19 Å². The van der Waals surface area contributed by atoms with Crippen molar-refractivity contribution in [2.24, 2.45) is 0 Å². The monoisotopic (exact) mass is 208 g/mol. The van der Waals surface area contributed by atoms with E-state index in [-0.39, 0.29) is 5.17 Å². The van der Waals surface area contributed by atoms with Crippen LogP contribution in [0.3, 0.4) is 0 Å². The molecule has 0 bridgehead atoms. The van der Waals surface area contributed by atoms with Crippen LogP contribution in [0.2, 0.25) is 0 Å². The number of benzene rings is 1. The van der Waals surface area contributed by atoms with E-state index in [1.165, 1.54) is 31.4 Å². The summed E-state index contributed by atoms with van der Waals surface area (Å²) in [4.78, 5) is 11.1. The third-order valence-corrected chi connectivity index (χ3v) is 1.75. The molecular weight excluding hydrogens is 198 g/mol. The van der Waals surface area contributed by atoms with E-state index in [1.807, 2.05) is 0 Å². The summed E-state index contributed by atoms with van der Waals surface area (Å²) < 4.78 is 4.51. The standard InChI is InChI=1S/C9H9N3O3/c1-15-9(13)7-2-4-8(5-3-7)12(14)11-6-10/h2-5,11,14H,1H3/p+1. The SMILES string of the molecule is COC(=O)c1ccc([NH+](O)NC#N)cc1. The highest BCUT2D eigenvalue weighted by atomic mass is 16.5. The molecule has 1 rings (SSSR count). The Bertz CT molecular complexity index is 383. The van der Waals surface area contributed by atoms with Gasteiger partial charge in [-0.05, 0) is 12.1 Å². The molecule has 0 aliphatic heterocycles. The number of rotatable bonds is 3. The van der Waals surface area contributed by atoms with E-state index in [9.17, 15) is 10.0 Å². The highest BCUT2D eigenvalue weighted by Gasteiger charge is 2.10. The summed E-state index contributed by atoms with van der Waals surface area (Å²) in [7, 11) is 1.29. The molecule has 6 heteroatoms. The first kappa shape index (κ1) is 11.0. The smallest absolute Gasteiger partial charge is 0.337 e. The number of nitrogens with one attached hydrogen (secondary N) is 2. The van der Waals surface area contributed by atoms with Gasteiger partial charge in [0.1, 0.15) is 0 Å².